The van der Waals surface area contributed by atoms with Crippen LogP contribution in [0.15, 0.2) is 58.4 Å². The highest BCUT2D eigenvalue weighted by atomic mass is 32.2. The van der Waals surface area contributed by atoms with Crippen molar-refractivity contribution in [1.29, 1.82) is 0 Å². The molecule has 0 saturated heterocycles. The number of para-hydroxylation sites is 1. The number of benzene rings is 1. The van der Waals surface area contributed by atoms with Crippen LogP contribution in [-0.4, -0.2) is 5.75 Å². The lowest BCUT2D eigenvalue weighted by molar-refractivity contribution is 0.466. The van der Waals surface area contributed by atoms with Gasteiger partial charge in [0.1, 0.15) is 11.5 Å². The summed E-state index contributed by atoms with van der Waals surface area (Å²) in [6.07, 6.45) is 1.92. The van der Waals surface area contributed by atoms with Gasteiger partial charge in [0.15, 0.2) is 0 Å². The van der Waals surface area contributed by atoms with Crippen molar-refractivity contribution in [3.05, 3.63) is 60.6 Å². The van der Waals surface area contributed by atoms with E-state index in [0.29, 0.717) is 0 Å². The molecular weight excluding hydrogens is 254 g/mol. The SMILES string of the molecule is C=CCSc1ccccc1NC(C)c1ccc(C)o1. The van der Waals surface area contributed by atoms with E-state index in [9.17, 15) is 0 Å². The van der Waals surface area contributed by atoms with Crippen LogP contribution >= 0.6 is 11.8 Å². The molecule has 0 amide bonds. The fourth-order valence-electron chi connectivity index (χ4n) is 1.85. The molecule has 0 aliphatic rings. The molecule has 1 aromatic heterocycles. The first-order valence-electron chi connectivity index (χ1n) is 6.36. The number of nitrogens with one attached hydrogen (secondary N) is 1. The standard InChI is InChI=1S/C16H19NOS/c1-4-11-19-16-8-6-5-7-14(16)17-13(3)15-10-9-12(2)18-15/h4-10,13,17H,1,11H2,2-3H3. The molecule has 2 nitrogen and oxygen atoms in total. The Bertz CT molecular complexity index is 547. The quantitative estimate of drug-likeness (QED) is 0.589. The van der Waals surface area contributed by atoms with E-state index < -0.39 is 0 Å². The van der Waals surface area contributed by atoms with Gasteiger partial charge in [-0.1, -0.05) is 18.2 Å². The maximum absolute atomic E-state index is 5.65. The number of hydrogen-bond acceptors (Lipinski definition) is 3. The monoisotopic (exact) mass is 273 g/mol. The van der Waals surface area contributed by atoms with Gasteiger partial charge >= 0.3 is 0 Å². The summed E-state index contributed by atoms with van der Waals surface area (Å²) < 4.78 is 5.65. The van der Waals surface area contributed by atoms with Gasteiger partial charge in [0.25, 0.3) is 0 Å². The maximum Gasteiger partial charge on any atom is 0.126 e. The third-order valence-corrected chi connectivity index (χ3v) is 3.87. The summed E-state index contributed by atoms with van der Waals surface area (Å²) in [5.74, 6) is 2.81. The van der Waals surface area contributed by atoms with Gasteiger partial charge in [-0.25, -0.2) is 0 Å². The second-order valence-electron chi connectivity index (χ2n) is 4.41. The summed E-state index contributed by atoms with van der Waals surface area (Å²) in [5.41, 5.74) is 1.14. The van der Waals surface area contributed by atoms with Crippen LogP contribution in [0.3, 0.4) is 0 Å². The van der Waals surface area contributed by atoms with E-state index in [-0.39, 0.29) is 6.04 Å². The van der Waals surface area contributed by atoms with Gasteiger partial charge in [-0.3, -0.25) is 0 Å². The molecule has 1 aromatic carbocycles. The van der Waals surface area contributed by atoms with Crippen LogP contribution in [0, 0.1) is 6.92 Å². The van der Waals surface area contributed by atoms with Crippen molar-refractivity contribution in [2.45, 2.75) is 24.8 Å². The van der Waals surface area contributed by atoms with Crippen molar-refractivity contribution in [2.24, 2.45) is 0 Å². The fraction of sp³-hybridized carbons (Fsp3) is 0.250. The van der Waals surface area contributed by atoms with Gasteiger partial charge in [-0.15, -0.1) is 18.3 Å². The summed E-state index contributed by atoms with van der Waals surface area (Å²) in [4.78, 5) is 1.23. The van der Waals surface area contributed by atoms with Crippen molar-refractivity contribution < 1.29 is 4.42 Å². The summed E-state index contributed by atoms with van der Waals surface area (Å²) in [6, 6.07) is 12.5. The van der Waals surface area contributed by atoms with Gasteiger partial charge < -0.3 is 9.73 Å². The number of hydrogen-bond donors (Lipinski definition) is 1. The molecule has 1 atom stereocenters. The number of anilines is 1. The second-order valence-corrected chi connectivity index (χ2v) is 5.47. The highest BCUT2D eigenvalue weighted by molar-refractivity contribution is 7.99. The van der Waals surface area contributed by atoms with Crippen molar-refractivity contribution in [3.63, 3.8) is 0 Å². The Labute approximate surface area is 118 Å². The predicted octanol–water partition coefficient (Wildman–Crippen LogP) is 5.04. The summed E-state index contributed by atoms with van der Waals surface area (Å²) in [6.45, 7) is 7.83. The van der Waals surface area contributed by atoms with Crippen molar-refractivity contribution in [1.82, 2.24) is 0 Å². The Morgan fingerprint density at radius 3 is 2.79 bits per heavy atom. The minimum absolute atomic E-state index is 0.152. The lowest BCUT2D eigenvalue weighted by Crippen LogP contribution is -2.06. The zero-order chi connectivity index (χ0) is 13.7. The van der Waals surface area contributed by atoms with E-state index in [0.717, 1.165) is 23.0 Å². The van der Waals surface area contributed by atoms with Crippen LogP contribution in [0.5, 0.6) is 0 Å². The molecule has 1 N–H and O–H groups in total. The van der Waals surface area contributed by atoms with Crippen molar-refractivity contribution in [3.8, 4) is 0 Å². The molecule has 0 spiro atoms. The van der Waals surface area contributed by atoms with Gasteiger partial charge in [0, 0.05) is 16.3 Å². The molecule has 0 saturated carbocycles. The lowest BCUT2D eigenvalue weighted by atomic mass is 10.2. The predicted molar refractivity (Wildman–Crippen MR) is 82.8 cm³/mol. The minimum atomic E-state index is 0.152. The molecule has 0 bridgehead atoms. The Morgan fingerprint density at radius 1 is 1.32 bits per heavy atom. The number of furan rings is 1. The average Bonchev–Trinajstić information content (AvgIpc) is 2.84. The minimum Gasteiger partial charge on any atom is -0.464 e. The first-order valence-corrected chi connectivity index (χ1v) is 7.35. The summed E-state index contributed by atoms with van der Waals surface area (Å²) >= 11 is 1.78. The molecule has 1 unspecified atom stereocenters. The third-order valence-electron chi connectivity index (χ3n) is 2.80. The Hall–Kier alpha value is -1.61. The first-order chi connectivity index (χ1) is 9.20. The largest absolute Gasteiger partial charge is 0.464 e. The van der Waals surface area contributed by atoms with Gasteiger partial charge in [0.2, 0.25) is 0 Å². The second kappa shape index (κ2) is 6.53. The van der Waals surface area contributed by atoms with E-state index in [4.69, 9.17) is 4.42 Å². The van der Waals surface area contributed by atoms with Gasteiger partial charge in [-0.2, -0.15) is 0 Å². The molecule has 0 aliphatic carbocycles. The molecule has 3 heteroatoms. The molecule has 0 aliphatic heterocycles. The Balaban J connectivity index is 2.11. The normalized spacial score (nSPS) is 12.1. The molecule has 1 heterocycles. The van der Waals surface area contributed by atoms with Gasteiger partial charge in [-0.05, 0) is 38.1 Å². The maximum atomic E-state index is 5.65. The number of rotatable bonds is 6. The zero-order valence-electron chi connectivity index (χ0n) is 11.3. The summed E-state index contributed by atoms with van der Waals surface area (Å²) in [7, 11) is 0. The first kappa shape index (κ1) is 13.8. The van der Waals surface area contributed by atoms with Crippen molar-refractivity contribution >= 4 is 17.4 Å². The Kier molecular flexibility index (Phi) is 4.74. The van der Waals surface area contributed by atoms with Crippen LogP contribution in [0.4, 0.5) is 5.69 Å². The van der Waals surface area contributed by atoms with Crippen molar-refractivity contribution in [2.75, 3.05) is 11.1 Å². The molecular formula is C16H19NOS. The highest BCUT2D eigenvalue weighted by Crippen LogP contribution is 2.30. The summed E-state index contributed by atoms with van der Waals surface area (Å²) in [5, 5.41) is 3.50. The van der Waals surface area contributed by atoms with Crippen LogP contribution in [0.2, 0.25) is 0 Å². The van der Waals surface area contributed by atoms with Crippen LogP contribution in [0.1, 0.15) is 24.5 Å². The van der Waals surface area contributed by atoms with Crippen LogP contribution < -0.4 is 5.32 Å². The van der Waals surface area contributed by atoms with Crippen LogP contribution in [0.25, 0.3) is 0 Å². The van der Waals surface area contributed by atoms with Gasteiger partial charge in [0.05, 0.1) is 6.04 Å². The molecule has 2 aromatic rings. The van der Waals surface area contributed by atoms with E-state index in [1.165, 1.54) is 4.90 Å². The highest BCUT2D eigenvalue weighted by Gasteiger charge is 2.11. The van der Waals surface area contributed by atoms with E-state index in [2.05, 4.69) is 37.0 Å². The molecule has 100 valence electrons. The fourth-order valence-corrected chi connectivity index (χ4v) is 2.61. The number of aryl methyl sites for hydroxylation is 1. The average molecular weight is 273 g/mol. The Morgan fingerprint density at radius 2 is 2.11 bits per heavy atom. The molecule has 0 radical (unpaired) electrons. The topological polar surface area (TPSA) is 25.2 Å². The van der Waals surface area contributed by atoms with Crippen LogP contribution in [-0.2, 0) is 0 Å². The molecule has 2 rings (SSSR count). The molecule has 19 heavy (non-hydrogen) atoms. The van der Waals surface area contributed by atoms with E-state index in [1.54, 1.807) is 11.8 Å². The number of thioether (sulfide) groups is 1. The van der Waals surface area contributed by atoms with E-state index in [1.807, 2.05) is 31.2 Å². The lowest BCUT2D eigenvalue weighted by Gasteiger charge is -2.16. The molecule has 0 fully saturated rings. The zero-order valence-corrected chi connectivity index (χ0v) is 12.2. The smallest absolute Gasteiger partial charge is 0.126 e. The van der Waals surface area contributed by atoms with E-state index >= 15 is 0 Å². The third kappa shape index (κ3) is 3.67.